The number of hydrogen-bond donors (Lipinski definition) is 5. The van der Waals surface area contributed by atoms with Crippen LogP contribution in [0.15, 0.2) is 0 Å². The van der Waals surface area contributed by atoms with Crippen molar-refractivity contribution in [3.8, 4) is 0 Å². The average molecular weight is 136 g/mol. The number of nitrogens with one attached hydrogen (secondary N) is 1. The molecule has 0 bridgehead atoms. The molecule has 0 spiro atoms. The van der Waals surface area contributed by atoms with Gasteiger partial charge in [-0.1, -0.05) is 0 Å². The van der Waals surface area contributed by atoms with Crippen LogP contribution >= 0.6 is 0 Å². The summed E-state index contributed by atoms with van der Waals surface area (Å²) < 4.78 is 0. The molecule has 0 aromatic carbocycles. The van der Waals surface area contributed by atoms with Crippen molar-refractivity contribution in [3.05, 3.63) is 5.21 Å². The smallest absolute Gasteiger partial charge is 0.238 e. The van der Waals surface area contributed by atoms with E-state index in [0.29, 0.717) is 0 Å². The third kappa shape index (κ3) is 2.70. The molecule has 0 saturated heterocycles. The Bertz CT molecular complexity index is 88.3. The Balaban J connectivity index is 3.88. The van der Waals surface area contributed by atoms with E-state index in [1.54, 1.807) is 0 Å². The van der Waals surface area contributed by atoms with E-state index in [2.05, 4.69) is 5.84 Å². The lowest BCUT2D eigenvalue weighted by Crippen LogP contribution is -3.20. The summed E-state index contributed by atoms with van der Waals surface area (Å²) >= 11 is 0. The maximum atomic E-state index is 10.2. The number of hydrogen-bond acceptors (Lipinski definition) is 5. The maximum Gasteiger partial charge on any atom is 0.238 e. The molecular formula is C3H12N4O2. The molecular weight excluding hydrogens is 124 g/mol. The third-order valence-corrected chi connectivity index (χ3v) is 0.859. The van der Waals surface area contributed by atoms with Crippen LogP contribution in [0.3, 0.4) is 0 Å². The van der Waals surface area contributed by atoms with E-state index >= 15 is 0 Å². The van der Waals surface area contributed by atoms with Crippen LogP contribution in [0.5, 0.6) is 0 Å². The fourth-order valence-electron chi connectivity index (χ4n) is 0.307. The first-order valence-electron chi connectivity index (χ1n) is 2.41. The average Bonchev–Trinajstić information content (AvgIpc) is 1.62. The number of hydroxylamine groups is 1. The summed E-state index contributed by atoms with van der Waals surface area (Å²) in [4.78, 5) is 0. The number of rotatable bonds is 2. The van der Waals surface area contributed by atoms with Crippen molar-refractivity contribution in [1.82, 2.24) is 0 Å². The van der Waals surface area contributed by atoms with Gasteiger partial charge in [0.25, 0.3) is 0 Å². The van der Waals surface area contributed by atoms with Gasteiger partial charge in [-0.3, -0.25) is 5.17 Å². The molecule has 0 amide bonds. The molecule has 0 radical (unpaired) electrons. The van der Waals surface area contributed by atoms with Crippen LogP contribution in [0.1, 0.15) is 6.92 Å². The van der Waals surface area contributed by atoms with Crippen molar-refractivity contribution in [1.29, 1.82) is 0 Å². The van der Waals surface area contributed by atoms with E-state index < -0.39 is 17.1 Å². The van der Waals surface area contributed by atoms with Crippen LogP contribution in [0.25, 0.3) is 0 Å². The van der Waals surface area contributed by atoms with Crippen molar-refractivity contribution in [2.24, 2.45) is 17.3 Å². The maximum absolute atomic E-state index is 10.2. The highest BCUT2D eigenvalue weighted by Crippen LogP contribution is 1.87. The number of aliphatic hydroxyl groups is 1. The Labute approximate surface area is 52.8 Å². The second kappa shape index (κ2) is 2.56. The number of quaternary nitrogens is 1. The summed E-state index contributed by atoms with van der Waals surface area (Å²) in [5, 5.41) is 18.0. The minimum atomic E-state index is -1.49. The molecule has 2 atom stereocenters. The van der Waals surface area contributed by atoms with Crippen LogP contribution < -0.4 is 22.5 Å². The number of nitrogens with two attached hydrogens (primary N) is 3. The van der Waals surface area contributed by atoms with Gasteiger partial charge in [0.15, 0.2) is 0 Å². The van der Waals surface area contributed by atoms with E-state index in [0.717, 1.165) is 0 Å². The summed E-state index contributed by atoms with van der Waals surface area (Å²) in [6.45, 7) is 1.31. The van der Waals surface area contributed by atoms with Crippen molar-refractivity contribution >= 4 is 0 Å². The lowest BCUT2D eigenvalue weighted by molar-refractivity contribution is -0.917. The first kappa shape index (κ1) is 8.76. The first-order valence-corrected chi connectivity index (χ1v) is 2.41. The van der Waals surface area contributed by atoms with Gasteiger partial charge in [-0.2, -0.15) is 5.84 Å². The normalized spacial score (nSPS) is 19.3. The summed E-state index contributed by atoms with van der Waals surface area (Å²) in [5.74, 6) is 4.67. The van der Waals surface area contributed by atoms with Crippen LogP contribution in [-0.4, -0.2) is 17.0 Å². The quantitative estimate of drug-likeness (QED) is 0.151. The van der Waals surface area contributed by atoms with E-state index in [1.807, 2.05) is 0 Å². The molecule has 56 valence electrons. The van der Waals surface area contributed by atoms with E-state index in [-0.39, 0.29) is 0 Å². The van der Waals surface area contributed by atoms with Crippen LogP contribution in [-0.2, 0) is 0 Å². The van der Waals surface area contributed by atoms with Crippen molar-refractivity contribution < 1.29 is 10.3 Å². The molecule has 0 fully saturated rings. The third-order valence-electron chi connectivity index (χ3n) is 0.859. The molecule has 0 aromatic heterocycles. The summed E-state index contributed by atoms with van der Waals surface area (Å²) in [7, 11) is 0. The largest absolute Gasteiger partial charge is 0.611 e. The van der Waals surface area contributed by atoms with Gasteiger partial charge in [0.2, 0.25) is 6.23 Å². The van der Waals surface area contributed by atoms with Gasteiger partial charge in [-0.05, 0) is 6.92 Å². The zero-order valence-corrected chi connectivity index (χ0v) is 5.16. The second-order valence-corrected chi connectivity index (χ2v) is 2.17. The van der Waals surface area contributed by atoms with Gasteiger partial charge in [0.05, 0.1) is 0 Å². The Morgan fingerprint density at radius 1 is 1.67 bits per heavy atom. The lowest BCUT2D eigenvalue weighted by Gasteiger charge is -2.30. The molecule has 0 aliphatic carbocycles. The molecule has 0 aliphatic heterocycles. The fourth-order valence-corrected chi connectivity index (χ4v) is 0.307. The Kier molecular flexibility index (Phi) is 2.50. The lowest BCUT2D eigenvalue weighted by atomic mass is 10.2. The Morgan fingerprint density at radius 2 is 2.00 bits per heavy atom. The number of aliphatic hydroxyl groups excluding tert-OH is 1. The molecule has 0 rings (SSSR count). The van der Waals surface area contributed by atoms with Gasteiger partial charge < -0.3 is 21.8 Å². The molecule has 6 heteroatoms. The highest BCUT2D eigenvalue weighted by Gasteiger charge is 2.28. The van der Waals surface area contributed by atoms with Gasteiger partial charge in [0.1, 0.15) is 5.66 Å². The molecule has 6 nitrogen and oxygen atoms in total. The zero-order valence-electron chi connectivity index (χ0n) is 5.16. The van der Waals surface area contributed by atoms with E-state index in [4.69, 9.17) is 16.6 Å². The van der Waals surface area contributed by atoms with Crippen molar-refractivity contribution in [3.63, 3.8) is 0 Å². The minimum absolute atomic E-state index is 0.914. The monoisotopic (exact) mass is 136 g/mol. The molecule has 0 saturated carbocycles. The van der Waals surface area contributed by atoms with E-state index in [1.165, 1.54) is 6.92 Å². The van der Waals surface area contributed by atoms with Gasteiger partial charge in [-0.25, -0.2) is 0 Å². The minimum Gasteiger partial charge on any atom is -0.611 e. The van der Waals surface area contributed by atoms with Crippen LogP contribution in [0.2, 0.25) is 0 Å². The topological polar surface area (TPSA) is 126 Å². The van der Waals surface area contributed by atoms with Crippen molar-refractivity contribution in [2.45, 2.75) is 18.8 Å². The summed E-state index contributed by atoms with van der Waals surface area (Å²) in [6, 6.07) is 0. The van der Waals surface area contributed by atoms with Crippen molar-refractivity contribution in [2.75, 3.05) is 0 Å². The molecule has 2 unspecified atom stereocenters. The Hall–Kier alpha value is -0.240. The van der Waals surface area contributed by atoms with Crippen LogP contribution in [0.4, 0.5) is 0 Å². The summed E-state index contributed by atoms with van der Waals surface area (Å²) in [6.07, 6.45) is -1.49. The Morgan fingerprint density at radius 3 is 2.00 bits per heavy atom. The standard InChI is InChI=1S/C3H12N4O2/c1-3(4,5)2(8)7(6)9/h2,7-8H,4-6H2,1H3. The molecule has 8 N–H and O–H groups in total. The van der Waals surface area contributed by atoms with Crippen LogP contribution in [0, 0.1) is 5.21 Å². The van der Waals surface area contributed by atoms with E-state index in [9.17, 15) is 5.21 Å². The zero-order chi connectivity index (χ0) is 7.65. The second-order valence-electron chi connectivity index (χ2n) is 2.17. The predicted molar refractivity (Wildman–Crippen MR) is 31.3 cm³/mol. The molecule has 0 heterocycles. The van der Waals surface area contributed by atoms with Gasteiger partial charge in [-0.15, -0.1) is 0 Å². The SMILES string of the molecule is CC(N)(N)C(O)[NH+](N)[O-]. The summed E-state index contributed by atoms with van der Waals surface area (Å²) in [5.41, 5.74) is 8.78. The predicted octanol–water partition coefficient (Wildman–Crippen LogP) is -3.81. The highest BCUT2D eigenvalue weighted by atomic mass is 16.6. The molecule has 0 aliphatic rings. The fraction of sp³-hybridized carbons (Fsp3) is 1.00. The molecule has 0 aromatic rings. The van der Waals surface area contributed by atoms with Gasteiger partial charge >= 0.3 is 0 Å². The molecule has 9 heavy (non-hydrogen) atoms. The highest BCUT2D eigenvalue weighted by molar-refractivity contribution is 4.71. The first-order chi connectivity index (χ1) is 3.85. The van der Waals surface area contributed by atoms with Gasteiger partial charge in [0, 0.05) is 0 Å².